The Morgan fingerprint density at radius 3 is 2.89 bits per heavy atom. The predicted molar refractivity (Wildman–Crippen MR) is 72.6 cm³/mol. The zero-order chi connectivity index (χ0) is 11.9. The largest absolute Gasteiger partial charge is 0.472 e. The van der Waals surface area contributed by atoms with Crippen molar-refractivity contribution in [1.29, 1.82) is 0 Å². The molecule has 4 aromatic rings. The molecule has 0 radical (unpaired) electrons. The Bertz CT molecular complexity index is 833. The first-order valence-electron chi connectivity index (χ1n) is 5.59. The monoisotopic (exact) mass is 252 g/mol. The molecule has 4 rings (SSSR count). The summed E-state index contributed by atoms with van der Waals surface area (Å²) in [5.41, 5.74) is 1.92. The molecule has 0 aliphatic heterocycles. The summed E-state index contributed by atoms with van der Waals surface area (Å²) in [7, 11) is 0. The van der Waals surface area contributed by atoms with E-state index in [1.165, 1.54) is 10.1 Å². The molecule has 0 unspecified atom stereocenters. The van der Waals surface area contributed by atoms with Gasteiger partial charge in [0.1, 0.15) is 6.26 Å². The van der Waals surface area contributed by atoms with Crippen molar-refractivity contribution < 1.29 is 4.42 Å². The van der Waals surface area contributed by atoms with Crippen molar-refractivity contribution in [3.05, 3.63) is 49.1 Å². The molecule has 3 aromatic heterocycles. The van der Waals surface area contributed by atoms with Gasteiger partial charge >= 0.3 is 0 Å². The van der Waals surface area contributed by atoms with E-state index in [4.69, 9.17) is 4.42 Å². The van der Waals surface area contributed by atoms with E-state index in [9.17, 15) is 0 Å². The van der Waals surface area contributed by atoms with Gasteiger partial charge in [-0.25, -0.2) is 9.97 Å². The van der Waals surface area contributed by atoms with Gasteiger partial charge in [-0.05, 0) is 12.1 Å². The Morgan fingerprint density at radius 1 is 1.06 bits per heavy atom. The lowest BCUT2D eigenvalue weighted by Gasteiger charge is -1.95. The molecule has 4 heteroatoms. The van der Waals surface area contributed by atoms with Gasteiger partial charge in [0.25, 0.3) is 0 Å². The molecular weight excluding hydrogens is 244 g/mol. The molecule has 3 heterocycles. The Morgan fingerprint density at radius 2 is 2.00 bits per heavy atom. The normalized spacial score (nSPS) is 11.3. The second kappa shape index (κ2) is 3.65. The number of rotatable bonds is 1. The number of hydrogen-bond acceptors (Lipinski definition) is 4. The summed E-state index contributed by atoms with van der Waals surface area (Å²) >= 11 is 1.72. The van der Waals surface area contributed by atoms with E-state index in [1.54, 1.807) is 23.9 Å². The van der Waals surface area contributed by atoms with E-state index < -0.39 is 0 Å². The minimum atomic E-state index is 0.708. The number of nitrogens with zero attached hydrogens (tertiary/aromatic N) is 2. The quantitative estimate of drug-likeness (QED) is 0.512. The van der Waals surface area contributed by atoms with Crippen LogP contribution in [-0.4, -0.2) is 9.97 Å². The molecule has 3 nitrogen and oxygen atoms in total. The fourth-order valence-electron chi connectivity index (χ4n) is 2.04. The molecule has 18 heavy (non-hydrogen) atoms. The van der Waals surface area contributed by atoms with Gasteiger partial charge in [0.15, 0.2) is 5.82 Å². The lowest BCUT2D eigenvalue weighted by molar-refractivity contribution is 0.568. The molecule has 0 saturated heterocycles. The van der Waals surface area contributed by atoms with Crippen LogP contribution in [0.1, 0.15) is 0 Å². The average molecular weight is 252 g/mol. The van der Waals surface area contributed by atoms with Crippen molar-refractivity contribution in [2.45, 2.75) is 0 Å². The Labute approximate surface area is 107 Å². The van der Waals surface area contributed by atoms with Gasteiger partial charge < -0.3 is 4.42 Å². The highest BCUT2D eigenvalue weighted by Crippen LogP contribution is 2.32. The zero-order valence-electron chi connectivity index (χ0n) is 9.33. The van der Waals surface area contributed by atoms with Crippen molar-refractivity contribution in [1.82, 2.24) is 9.97 Å². The van der Waals surface area contributed by atoms with Crippen LogP contribution in [0.4, 0.5) is 0 Å². The van der Waals surface area contributed by atoms with Gasteiger partial charge in [-0.15, -0.1) is 11.3 Å². The van der Waals surface area contributed by atoms with Crippen LogP contribution in [0.15, 0.2) is 53.5 Å². The molecule has 0 aliphatic carbocycles. The third-order valence-electron chi connectivity index (χ3n) is 2.90. The van der Waals surface area contributed by atoms with Gasteiger partial charge in [-0.2, -0.15) is 0 Å². The first-order valence-corrected chi connectivity index (χ1v) is 6.40. The molecule has 86 valence electrons. The Kier molecular flexibility index (Phi) is 1.98. The van der Waals surface area contributed by atoms with Crippen LogP contribution in [-0.2, 0) is 0 Å². The summed E-state index contributed by atoms with van der Waals surface area (Å²) in [6, 6.07) is 10.2. The number of benzene rings is 1. The van der Waals surface area contributed by atoms with Crippen LogP contribution in [0.25, 0.3) is 31.7 Å². The summed E-state index contributed by atoms with van der Waals surface area (Å²) in [5.74, 6) is 0.708. The minimum Gasteiger partial charge on any atom is -0.472 e. The number of furan rings is 1. The topological polar surface area (TPSA) is 38.9 Å². The van der Waals surface area contributed by atoms with Crippen LogP contribution in [0.3, 0.4) is 0 Å². The molecule has 0 aliphatic rings. The summed E-state index contributed by atoms with van der Waals surface area (Å²) < 4.78 is 7.43. The fourth-order valence-corrected chi connectivity index (χ4v) is 3.05. The van der Waals surface area contributed by atoms with E-state index in [1.807, 2.05) is 24.4 Å². The van der Waals surface area contributed by atoms with Crippen LogP contribution >= 0.6 is 11.3 Å². The highest BCUT2D eigenvalue weighted by atomic mass is 32.1. The Hall–Kier alpha value is -2.20. The van der Waals surface area contributed by atoms with Crippen molar-refractivity contribution in [3.8, 4) is 11.4 Å². The first kappa shape index (κ1) is 9.79. The van der Waals surface area contributed by atoms with Crippen molar-refractivity contribution in [2.24, 2.45) is 0 Å². The molecule has 0 fully saturated rings. The van der Waals surface area contributed by atoms with Crippen LogP contribution in [0, 0.1) is 0 Å². The Balaban J connectivity index is 2.07. The first-order chi connectivity index (χ1) is 8.92. The molecule has 0 atom stereocenters. The maximum absolute atomic E-state index is 5.07. The predicted octanol–water partition coefficient (Wildman–Crippen LogP) is 4.10. The molecule has 0 N–H and O–H groups in total. The number of fused-ring (bicyclic) bond motifs is 3. The minimum absolute atomic E-state index is 0.708. The van der Waals surface area contributed by atoms with Crippen molar-refractivity contribution >= 4 is 31.6 Å². The second-order valence-electron chi connectivity index (χ2n) is 4.02. The maximum atomic E-state index is 5.07. The highest BCUT2D eigenvalue weighted by molar-refractivity contribution is 7.25. The summed E-state index contributed by atoms with van der Waals surface area (Å²) in [6.07, 6.45) is 5.18. The molecule has 0 amide bonds. The lowest BCUT2D eigenvalue weighted by atomic mass is 10.2. The van der Waals surface area contributed by atoms with Crippen molar-refractivity contribution in [3.63, 3.8) is 0 Å². The van der Waals surface area contributed by atoms with Crippen LogP contribution < -0.4 is 0 Å². The van der Waals surface area contributed by atoms with Gasteiger partial charge in [-0.3, -0.25) is 0 Å². The van der Waals surface area contributed by atoms with Crippen LogP contribution in [0.2, 0.25) is 0 Å². The molecule has 0 spiro atoms. The third-order valence-corrected chi connectivity index (χ3v) is 3.99. The molecular formula is C14H8N2OS. The molecule has 1 aromatic carbocycles. The summed E-state index contributed by atoms with van der Waals surface area (Å²) in [6.45, 7) is 0. The number of hydrogen-bond donors (Lipinski definition) is 0. The van der Waals surface area contributed by atoms with Crippen molar-refractivity contribution in [2.75, 3.05) is 0 Å². The van der Waals surface area contributed by atoms with Gasteiger partial charge in [0.05, 0.1) is 22.0 Å². The second-order valence-corrected chi connectivity index (χ2v) is 5.10. The van der Waals surface area contributed by atoms with Gasteiger partial charge in [0, 0.05) is 16.3 Å². The lowest BCUT2D eigenvalue weighted by Crippen LogP contribution is -1.85. The van der Waals surface area contributed by atoms with Crippen LogP contribution in [0.5, 0.6) is 0 Å². The zero-order valence-corrected chi connectivity index (χ0v) is 10.1. The smallest absolute Gasteiger partial charge is 0.163 e. The average Bonchev–Trinajstić information content (AvgIpc) is 3.05. The third kappa shape index (κ3) is 1.36. The highest BCUT2D eigenvalue weighted by Gasteiger charge is 2.09. The van der Waals surface area contributed by atoms with Gasteiger partial charge in [-0.1, -0.05) is 18.2 Å². The standard InChI is InChI=1S/C14H8N2OS/c1-2-4-11-10(3-1)13-12(18-11)7-15-14(16-13)9-5-6-17-8-9/h1-8H. The number of thiophene rings is 1. The molecule has 0 bridgehead atoms. The van der Waals surface area contributed by atoms with Gasteiger partial charge in [0.2, 0.25) is 0 Å². The van der Waals surface area contributed by atoms with E-state index in [0.717, 1.165) is 15.8 Å². The summed E-state index contributed by atoms with van der Waals surface area (Å²) in [5, 5.41) is 1.18. The maximum Gasteiger partial charge on any atom is 0.163 e. The number of aromatic nitrogens is 2. The SMILES string of the molecule is c1ccc2c(c1)sc1cnc(-c3ccoc3)nc12. The summed E-state index contributed by atoms with van der Waals surface area (Å²) in [4.78, 5) is 9.03. The van der Waals surface area contributed by atoms with E-state index >= 15 is 0 Å². The van der Waals surface area contributed by atoms with E-state index in [2.05, 4.69) is 22.1 Å². The van der Waals surface area contributed by atoms with E-state index in [-0.39, 0.29) is 0 Å². The van der Waals surface area contributed by atoms with E-state index in [0.29, 0.717) is 5.82 Å². The molecule has 0 saturated carbocycles. The fraction of sp³-hybridized carbons (Fsp3) is 0.